The number of alkyl halides is 3. The van der Waals surface area contributed by atoms with Crippen molar-refractivity contribution in [1.82, 2.24) is 15.0 Å². The van der Waals surface area contributed by atoms with Gasteiger partial charge in [0.1, 0.15) is 11.6 Å². The number of nitrogens with one attached hydrogen (secondary N) is 1. The van der Waals surface area contributed by atoms with Crippen LogP contribution in [0.4, 0.5) is 36.4 Å². The fourth-order valence-electron chi connectivity index (χ4n) is 3.84. The lowest BCUT2D eigenvalue weighted by atomic mass is 10.1. The molecule has 3 aromatic rings. The zero-order chi connectivity index (χ0) is 25.4. The molecule has 186 valence electrons. The number of primary sulfonamides is 1. The molecule has 0 spiro atoms. The van der Waals surface area contributed by atoms with Gasteiger partial charge >= 0.3 is 6.18 Å². The normalized spacial score (nSPS) is 14.3. The number of benzene rings is 1. The van der Waals surface area contributed by atoms with Crippen molar-refractivity contribution in [3.8, 4) is 0 Å². The van der Waals surface area contributed by atoms with Crippen LogP contribution in [0, 0.1) is 0 Å². The molecule has 4 rings (SSSR count). The topological polar surface area (TPSA) is 117 Å². The van der Waals surface area contributed by atoms with Crippen molar-refractivity contribution < 1.29 is 21.6 Å². The highest BCUT2D eigenvalue weighted by molar-refractivity contribution is 7.89. The van der Waals surface area contributed by atoms with Gasteiger partial charge < -0.3 is 15.1 Å². The largest absolute Gasteiger partial charge is 0.419 e. The molecule has 0 saturated carbocycles. The summed E-state index contributed by atoms with van der Waals surface area (Å²) >= 11 is 0. The minimum atomic E-state index is -4.52. The highest BCUT2D eigenvalue weighted by atomic mass is 32.2. The van der Waals surface area contributed by atoms with E-state index in [4.69, 9.17) is 5.14 Å². The summed E-state index contributed by atoms with van der Waals surface area (Å²) in [7, 11) is -0.247. The van der Waals surface area contributed by atoms with E-state index in [0.717, 1.165) is 17.3 Å². The van der Waals surface area contributed by atoms with Crippen molar-refractivity contribution >= 4 is 33.3 Å². The molecule has 0 radical (unpaired) electrons. The number of nitrogens with two attached hydrogens (primary N) is 1. The van der Waals surface area contributed by atoms with E-state index in [1.807, 2.05) is 0 Å². The summed E-state index contributed by atoms with van der Waals surface area (Å²) < 4.78 is 63.8. The molecule has 3 N–H and O–H groups in total. The standard InChI is InChI=1S/C22H24F3N7O2S/c1-31(2)21-29-18-10-13-32(20-17(22(23,24)25)4-3-11-27-20)12-9-16(18)19(30-21)28-14-5-7-15(8-6-14)35(26,33)34/h3-8,11H,9-10,12-13H2,1-2H3,(H2,26,33,34)(H,28,29,30). The molecule has 2 aromatic heterocycles. The third-order valence-corrected chi connectivity index (χ3v) is 6.50. The fourth-order valence-corrected chi connectivity index (χ4v) is 4.35. The third kappa shape index (κ3) is 5.46. The van der Waals surface area contributed by atoms with Crippen LogP contribution < -0.4 is 20.3 Å². The van der Waals surface area contributed by atoms with Crippen LogP contribution in [0.1, 0.15) is 16.8 Å². The van der Waals surface area contributed by atoms with E-state index < -0.39 is 21.8 Å². The SMILES string of the molecule is CN(C)c1nc2c(c(Nc3ccc(S(N)(=O)=O)cc3)n1)CCN(c1ncccc1C(F)(F)F)CC2. The van der Waals surface area contributed by atoms with Crippen LogP contribution in [0.25, 0.3) is 0 Å². The van der Waals surface area contributed by atoms with E-state index in [9.17, 15) is 21.6 Å². The lowest BCUT2D eigenvalue weighted by Crippen LogP contribution is -2.29. The van der Waals surface area contributed by atoms with Crippen molar-refractivity contribution in [2.24, 2.45) is 5.14 Å². The van der Waals surface area contributed by atoms with Crippen molar-refractivity contribution in [2.75, 3.05) is 42.3 Å². The van der Waals surface area contributed by atoms with Gasteiger partial charge in [0.2, 0.25) is 16.0 Å². The Hall–Kier alpha value is -3.45. The Bertz CT molecular complexity index is 1330. The Kier molecular flexibility index (Phi) is 6.56. The van der Waals surface area contributed by atoms with Gasteiger partial charge in [0.25, 0.3) is 0 Å². The maximum absolute atomic E-state index is 13.6. The summed E-state index contributed by atoms with van der Waals surface area (Å²) in [6.07, 6.45) is -2.39. The molecule has 3 heterocycles. The second-order valence-electron chi connectivity index (χ2n) is 8.25. The minimum Gasteiger partial charge on any atom is -0.355 e. The zero-order valence-corrected chi connectivity index (χ0v) is 19.9. The van der Waals surface area contributed by atoms with Crippen LogP contribution in [-0.2, 0) is 29.0 Å². The molecule has 0 fully saturated rings. The number of aromatic nitrogens is 3. The van der Waals surface area contributed by atoms with Gasteiger partial charge in [0.15, 0.2) is 0 Å². The van der Waals surface area contributed by atoms with Gasteiger partial charge in [-0.05, 0) is 42.8 Å². The highest BCUT2D eigenvalue weighted by Gasteiger charge is 2.36. The Balaban J connectivity index is 1.67. The van der Waals surface area contributed by atoms with Crippen LogP contribution >= 0.6 is 0 Å². The third-order valence-electron chi connectivity index (χ3n) is 5.57. The maximum Gasteiger partial charge on any atom is 0.419 e. The number of nitrogens with zero attached hydrogens (tertiary/aromatic N) is 5. The highest BCUT2D eigenvalue weighted by Crippen LogP contribution is 2.36. The summed E-state index contributed by atoms with van der Waals surface area (Å²) in [6.45, 7) is 0.594. The Labute approximate surface area is 200 Å². The van der Waals surface area contributed by atoms with Crippen LogP contribution in [0.5, 0.6) is 0 Å². The van der Waals surface area contributed by atoms with Crippen LogP contribution in [0.15, 0.2) is 47.5 Å². The molecular formula is C22H24F3N7O2S. The summed E-state index contributed by atoms with van der Waals surface area (Å²) in [6, 6.07) is 8.20. The predicted octanol–water partition coefficient (Wildman–Crippen LogP) is 2.95. The summed E-state index contributed by atoms with van der Waals surface area (Å²) in [5.41, 5.74) is 1.30. The van der Waals surface area contributed by atoms with E-state index in [2.05, 4.69) is 20.3 Å². The number of halogens is 3. The first-order chi connectivity index (χ1) is 16.4. The second-order valence-corrected chi connectivity index (χ2v) is 9.81. The van der Waals surface area contributed by atoms with Crippen LogP contribution in [0.3, 0.4) is 0 Å². The van der Waals surface area contributed by atoms with Crippen molar-refractivity contribution in [1.29, 1.82) is 0 Å². The summed E-state index contributed by atoms with van der Waals surface area (Å²) in [5.74, 6) is 0.831. The molecule has 0 unspecified atom stereocenters. The quantitative estimate of drug-likeness (QED) is 0.541. The number of hydrogen-bond acceptors (Lipinski definition) is 8. The fraction of sp³-hybridized carbons (Fsp3) is 0.318. The average molecular weight is 508 g/mol. The molecule has 0 aliphatic carbocycles. The van der Waals surface area contributed by atoms with E-state index >= 15 is 0 Å². The number of hydrogen-bond donors (Lipinski definition) is 2. The van der Waals surface area contributed by atoms with Gasteiger partial charge in [0.05, 0.1) is 16.2 Å². The first-order valence-electron chi connectivity index (χ1n) is 10.7. The van der Waals surface area contributed by atoms with Gasteiger partial charge in [-0.25, -0.2) is 23.5 Å². The minimum absolute atomic E-state index is 0.0231. The molecule has 0 amide bonds. The average Bonchev–Trinajstić information content (AvgIpc) is 3.01. The Morgan fingerprint density at radius 1 is 1.06 bits per heavy atom. The molecule has 0 atom stereocenters. The monoisotopic (exact) mass is 507 g/mol. The lowest BCUT2D eigenvalue weighted by Gasteiger charge is -2.24. The van der Waals surface area contributed by atoms with Gasteiger partial charge in [-0.15, -0.1) is 0 Å². The molecule has 0 bridgehead atoms. The molecule has 13 heteroatoms. The van der Waals surface area contributed by atoms with Crippen molar-refractivity contribution in [3.05, 3.63) is 59.4 Å². The molecule has 9 nitrogen and oxygen atoms in total. The van der Waals surface area contributed by atoms with Crippen LogP contribution in [-0.4, -0.2) is 50.6 Å². The number of rotatable bonds is 5. The predicted molar refractivity (Wildman–Crippen MR) is 126 cm³/mol. The lowest BCUT2D eigenvalue weighted by molar-refractivity contribution is -0.137. The van der Waals surface area contributed by atoms with E-state index in [1.165, 1.54) is 24.4 Å². The van der Waals surface area contributed by atoms with Gasteiger partial charge in [-0.1, -0.05) is 0 Å². The molecule has 1 aliphatic rings. The molecule has 35 heavy (non-hydrogen) atoms. The number of anilines is 4. The smallest absolute Gasteiger partial charge is 0.355 e. The van der Waals surface area contributed by atoms with Crippen molar-refractivity contribution in [3.63, 3.8) is 0 Å². The summed E-state index contributed by atoms with van der Waals surface area (Å²) in [5, 5.41) is 8.36. The van der Waals surface area contributed by atoms with E-state index in [-0.39, 0.29) is 17.3 Å². The molecule has 0 saturated heterocycles. The molecular weight excluding hydrogens is 483 g/mol. The Morgan fingerprint density at radius 3 is 2.37 bits per heavy atom. The van der Waals surface area contributed by atoms with Gasteiger partial charge in [0, 0.05) is 51.1 Å². The van der Waals surface area contributed by atoms with E-state index in [1.54, 1.807) is 36.0 Å². The second kappa shape index (κ2) is 9.30. The first-order valence-corrected chi connectivity index (χ1v) is 12.2. The summed E-state index contributed by atoms with van der Waals surface area (Å²) in [4.78, 5) is 16.6. The first kappa shape index (κ1) is 24.7. The Morgan fingerprint density at radius 2 is 1.74 bits per heavy atom. The number of sulfonamides is 1. The van der Waals surface area contributed by atoms with Gasteiger partial charge in [-0.2, -0.15) is 18.2 Å². The molecule has 1 aliphatic heterocycles. The van der Waals surface area contributed by atoms with Crippen molar-refractivity contribution in [2.45, 2.75) is 23.9 Å². The molecule has 1 aromatic carbocycles. The zero-order valence-electron chi connectivity index (χ0n) is 19.0. The van der Waals surface area contributed by atoms with Crippen LogP contribution in [0.2, 0.25) is 0 Å². The van der Waals surface area contributed by atoms with E-state index in [0.29, 0.717) is 36.8 Å². The number of fused-ring (bicyclic) bond motifs is 1. The maximum atomic E-state index is 13.6. The van der Waals surface area contributed by atoms with Gasteiger partial charge in [-0.3, -0.25) is 0 Å². The number of pyridine rings is 1.